The second-order valence-electron chi connectivity index (χ2n) is 2.93. The number of carbonyl (C=O) groups is 1. The van der Waals surface area contributed by atoms with Gasteiger partial charge in [0.25, 0.3) is 5.91 Å². The van der Waals surface area contributed by atoms with E-state index in [4.69, 9.17) is 0 Å². The van der Waals surface area contributed by atoms with E-state index in [2.05, 4.69) is 9.35 Å². The van der Waals surface area contributed by atoms with Gasteiger partial charge in [-0.15, -0.1) is 0 Å². The van der Waals surface area contributed by atoms with E-state index in [9.17, 15) is 13.4 Å². The van der Waals surface area contributed by atoms with E-state index in [1.165, 1.54) is 24.8 Å². The molecule has 1 rings (SSSR count). The molecule has 0 fully saturated rings. The minimum Gasteiger partial charge on any atom is -0.266 e. The van der Waals surface area contributed by atoms with Crippen molar-refractivity contribution in [2.45, 2.75) is 0 Å². The third kappa shape index (κ3) is 2.88. The van der Waals surface area contributed by atoms with Crippen LogP contribution in [0, 0.1) is 5.82 Å². The van der Waals surface area contributed by atoms with Crippen molar-refractivity contribution in [3.63, 3.8) is 0 Å². The van der Waals surface area contributed by atoms with Gasteiger partial charge in [0.1, 0.15) is 0 Å². The summed E-state index contributed by atoms with van der Waals surface area (Å²) in [5, 5.41) is 0. The maximum atomic E-state index is 13.0. The molecule has 4 nitrogen and oxygen atoms in total. The predicted molar refractivity (Wildman–Crippen MR) is 50.9 cm³/mol. The molecule has 0 unspecified atom stereocenters. The number of amides is 1. The van der Waals surface area contributed by atoms with E-state index in [0.29, 0.717) is 0 Å². The number of aromatic nitrogens is 1. The average molecular weight is 216 g/mol. The molecule has 1 aromatic rings. The molecule has 6 heteroatoms. The number of pyridine rings is 1. The van der Waals surface area contributed by atoms with Gasteiger partial charge in [0.15, 0.2) is 5.82 Å². The number of nitrogens with zero attached hydrogens (tertiary/aromatic N) is 2. The molecule has 1 heterocycles. The molecular formula is C8H9FN2O2S. The van der Waals surface area contributed by atoms with Crippen LogP contribution in [0.15, 0.2) is 22.8 Å². The Hall–Kier alpha value is -1.30. The minimum atomic E-state index is -2.55. The average Bonchev–Trinajstić information content (AvgIpc) is 2.01. The van der Waals surface area contributed by atoms with Gasteiger partial charge in [0, 0.05) is 28.4 Å². The van der Waals surface area contributed by atoms with Crippen LogP contribution in [0.2, 0.25) is 0 Å². The number of hydrogen-bond acceptors (Lipinski definition) is 3. The third-order valence-electron chi connectivity index (χ3n) is 1.31. The first kappa shape index (κ1) is 10.8. The van der Waals surface area contributed by atoms with Gasteiger partial charge >= 0.3 is 0 Å². The number of hydrogen-bond donors (Lipinski definition) is 0. The summed E-state index contributed by atoms with van der Waals surface area (Å²) in [4.78, 5) is 14.8. The lowest BCUT2D eigenvalue weighted by molar-refractivity contribution is 0.100. The van der Waals surface area contributed by atoms with Crippen LogP contribution in [-0.4, -0.2) is 27.6 Å². The lowest BCUT2D eigenvalue weighted by atomic mass is 10.2. The lowest BCUT2D eigenvalue weighted by Crippen LogP contribution is -2.03. The molecule has 0 spiro atoms. The molecular weight excluding hydrogens is 207 g/mol. The maximum absolute atomic E-state index is 13.0. The van der Waals surface area contributed by atoms with Crippen LogP contribution in [-0.2, 0) is 9.73 Å². The van der Waals surface area contributed by atoms with Crippen molar-refractivity contribution in [2.24, 2.45) is 4.36 Å². The van der Waals surface area contributed by atoms with E-state index in [1.54, 1.807) is 0 Å². The van der Waals surface area contributed by atoms with Crippen molar-refractivity contribution in [1.29, 1.82) is 0 Å². The Balaban J connectivity index is 3.16. The first-order valence-corrected chi connectivity index (χ1v) is 6.04. The van der Waals surface area contributed by atoms with Gasteiger partial charge in [-0.3, -0.25) is 9.78 Å². The van der Waals surface area contributed by atoms with E-state index in [1.807, 2.05) is 0 Å². The van der Waals surface area contributed by atoms with Crippen molar-refractivity contribution in [2.75, 3.05) is 12.5 Å². The Bertz CT molecular complexity index is 470. The smallest absolute Gasteiger partial charge is 0.266 e. The van der Waals surface area contributed by atoms with Gasteiger partial charge in [-0.05, 0) is 6.07 Å². The number of carbonyl (C=O) groups excluding carboxylic acids is 1. The Labute approximate surface area is 81.4 Å². The molecule has 0 bridgehead atoms. The highest BCUT2D eigenvalue weighted by atomic mass is 32.2. The quantitative estimate of drug-likeness (QED) is 0.706. The highest BCUT2D eigenvalue weighted by molar-refractivity contribution is 7.92. The fraction of sp³-hybridized carbons (Fsp3) is 0.250. The summed E-state index contributed by atoms with van der Waals surface area (Å²) in [6.07, 6.45) is 4.81. The lowest BCUT2D eigenvalue weighted by Gasteiger charge is -1.97. The zero-order valence-electron chi connectivity index (χ0n) is 7.73. The molecule has 0 atom stereocenters. The van der Waals surface area contributed by atoms with Crippen molar-refractivity contribution in [3.05, 3.63) is 29.8 Å². The Kier molecular flexibility index (Phi) is 2.95. The van der Waals surface area contributed by atoms with E-state index >= 15 is 0 Å². The normalized spacial score (nSPS) is 11.1. The van der Waals surface area contributed by atoms with Gasteiger partial charge < -0.3 is 0 Å². The van der Waals surface area contributed by atoms with Crippen LogP contribution in [0.5, 0.6) is 0 Å². The minimum absolute atomic E-state index is 0.212. The van der Waals surface area contributed by atoms with Crippen LogP contribution in [0.4, 0.5) is 4.39 Å². The van der Waals surface area contributed by atoms with E-state index < -0.39 is 21.5 Å². The van der Waals surface area contributed by atoms with E-state index in [-0.39, 0.29) is 5.56 Å². The third-order valence-corrected chi connectivity index (χ3v) is 1.91. The van der Waals surface area contributed by atoms with Gasteiger partial charge in [-0.25, -0.2) is 8.60 Å². The molecule has 1 amide bonds. The van der Waals surface area contributed by atoms with Crippen molar-refractivity contribution in [3.8, 4) is 0 Å². The molecule has 0 N–H and O–H groups in total. The summed E-state index contributed by atoms with van der Waals surface area (Å²) in [5.41, 5.74) is -0.212. The molecule has 0 saturated heterocycles. The van der Waals surface area contributed by atoms with Crippen molar-refractivity contribution >= 4 is 15.6 Å². The fourth-order valence-electron chi connectivity index (χ4n) is 0.797. The summed E-state index contributed by atoms with van der Waals surface area (Å²) in [5.74, 6) is -1.58. The molecule has 0 aliphatic rings. The van der Waals surface area contributed by atoms with Crippen LogP contribution >= 0.6 is 0 Å². The molecule has 0 radical (unpaired) electrons. The summed E-state index contributed by atoms with van der Waals surface area (Å²) in [6, 6.07) is 1.20. The Morgan fingerprint density at radius 1 is 1.57 bits per heavy atom. The van der Waals surface area contributed by atoms with Crippen LogP contribution < -0.4 is 0 Å². The first-order chi connectivity index (χ1) is 6.40. The highest BCUT2D eigenvalue weighted by Crippen LogP contribution is 2.06. The molecule has 0 aromatic carbocycles. The monoisotopic (exact) mass is 216 g/mol. The Morgan fingerprint density at radius 3 is 2.71 bits per heavy atom. The van der Waals surface area contributed by atoms with E-state index in [0.717, 1.165) is 6.20 Å². The second kappa shape index (κ2) is 3.83. The second-order valence-corrected chi connectivity index (χ2v) is 5.48. The van der Waals surface area contributed by atoms with Crippen LogP contribution in [0.1, 0.15) is 10.4 Å². The molecule has 14 heavy (non-hydrogen) atoms. The van der Waals surface area contributed by atoms with Gasteiger partial charge in [-0.2, -0.15) is 4.36 Å². The number of rotatable bonds is 1. The summed E-state index contributed by atoms with van der Waals surface area (Å²) in [7, 11) is -2.55. The van der Waals surface area contributed by atoms with Crippen molar-refractivity contribution in [1.82, 2.24) is 4.98 Å². The van der Waals surface area contributed by atoms with Gasteiger partial charge in [0.2, 0.25) is 0 Å². The standard InChI is InChI=1S/C8H9FN2O2S/c1-14(2,13)11-8(12)6-3-4-10-5-7(6)9/h3-5H,1-2H3. The summed E-state index contributed by atoms with van der Waals surface area (Å²) in [6.45, 7) is 0. The molecule has 0 saturated carbocycles. The van der Waals surface area contributed by atoms with Crippen molar-refractivity contribution < 1.29 is 13.4 Å². The molecule has 1 aromatic heterocycles. The van der Waals surface area contributed by atoms with Gasteiger partial charge in [-0.1, -0.05) is 0 Å². The molecule has 0 aliphatic heterocycles. The summed E-state index contributed by atoms with van der Waals surface area (Å²) < 4.78 is 27.5. The Morgan fingerprint density at radius 2 is 2.21 bits per heavy atom. The largest absolute Gasteiger partial charge is 0.288 e. The maximum Gasteiger partial charge on any atom is 0.288 e. The zero-order valence-corrected chi connectivity index (χ0v) is 8.55. The first-order valence-electron chi connectivity index (χ1n) is 3.71. The molecule has 76 valence electrons. The predicted octanol–water partition coefficient (Wildman–Crippen LogP) is 1.09. The zero-order chi connectivity index (χ0) is 10.8. The topological polar surface area (TPSA) is 59.4 Å². The highest BCUT2D eigenvalue weighted by Gasteiger charge is 2.11. The fourth-order valence-corrected chi connectivity index (χ4v) is 1.30. The SMILES string of the molecule is CS(C)(=O)=NC(=O)c1ccncc1F. The van der Waals surface area contributed by atoms with Crippen LogP contribution in [0.25, 0.3) is 0 Å². The van der Waals surface area contributed by atoms with Gasteiger partial charge in [0.05, 0.1) is 11.8 Å². The molecule has 0 aliphatic carbocycles. The van der Waals surface area contributed by atoms with Crippen LogP contribution in [0.3, 0.4) is 0 Å². The summed E-state index contributed by atoms with van der Waals surface area (Å²) >= 11 is 0. The number of halogens is 1.